The maximum absolute atomic E-state index is 10.7. The predicted molar refractivity (Wildman–Crippen MR) is 76.3 cm³/mol. The molecule has 0 spiro atoms. The van der Waals surface area contributed by atoms with Gasteiger partial charge in [0.25, 0.3) is 5.69 Å². The average molecular weight is 267 g/mol. The minimum absolute atomic E-state index is 0.0595. The Hall–Kier alpha value is -2.87. The molecule has 1 N–H and O–H groups in total. The van der Waals surface area contributed by atoms with Gasteiger partial charge in [-0.3, -0.25) is 10.1 Å². The zero-order valence-corrected chi connectivity index (χ0v) is 11.0. The summed E-state index contributed by atoms with van der Waals surface area (Å²) >= 11 is 0. The summed E-state index contributed by atoms with van der Waals surface area (Å²) in [5, 5.41) is 22.8. The monoisotopic (exact) mass is 267 g/mol. The number of nitro groups is 1. The van der Waals surface area contributed by atoms with Crippen molar-refractivity contribution in [2.24, 2.45) is 0 Å². The van der Waals surface area contributed by atoms with E-state index in [4.69, 9.17) is 5.26 Å². The molecule has 0 fully saturated rings. The molecule has 2 rings (SSSR count). The number of nitriles is 1. The lowest BCUT2D eigenvalue weighted by atomic mass is 10.1. The van der Waals surface area contributed by atoms with E-state index >= 15 is 0 Å². The maximum atomic E-state index is 10.7. The Kier molecular flexibility index (Phi) is 3.96. The second-order valence-electron chi connectivity index (χ2n) is 4.44. The lowest BCUT2D eigenvalue weighted by Gasteiger charge is -2.07. The largest absolute Gasteiger partial charge is 0.381 e. The minimum Gasteiger partial charge on any atom is -0.381 e. The van der Waals surface area contributed by atoms with Gasteiger partial charge in [-0.1, -0.05) is 29.8 Å². The summed E-state index contributed by atoms with van der Waals surface area (Å²) in [5.41, 5.74) is 2.86. The predicted octanol–water partition coefficient (Wildman–Crippen LogP) is 3.39. The Morgan fingerprint density at radius 2 is 2.10 bits per heavy atom. The highest BCUT2D eigenvalue weighted by atomic mass is 16.6. The van der Waals surface area contributed by atoms with Crippen molar-refractivity contribution in [2.45, 2.75) is 13.5 Å². The molecule has 0 aliphatic heterocycles. The lowest BCUT2D eigenvalue weighted by molar-refractivity contribution is -0.385. The van der Waals surface area contributed by atoms with Crippen LogP contribution >= 0.6 is 0 Å². The highest BCUT2D eigenvalue weighted by Gasteiger charge is 2.13. The number of nitrogens with one attached hydrogen (secondary N) is 1. The van der Waals surface area contributed by atoms with E-state index in [1.54, 1.807) is 6.07 Å². The Balaban J connectivity index is 2.15. The molecule has 0 aliphatic rings. The molecular formula is C15H13N3O2. The highest BCUT2D eigenvalue weighted by Crippen LogP contribution is 2.22. The quantitative estimate of drug-likeness (QED) is 0.680. The molecule has 100 valence electrons. The Morgan fingerprint density at radius 1 is 1.30 bits per heavy atom. The number of nitrogens with zero attached hydrogens (tertiary/aromatic N) is 2. The minimum atomic E-state index is -0.553. The zero-order chi connectivity index (χ0) is 14.5. The summed E-state index contributed by atoms with van der Waals surface area (Å²) in [6.45, 7) is 2.62. The van der Waals surface area contributed by atoms with Gasteiger partial charge in [-0.15, -0.1) is 0 Å². The van der Waals surface area contributed by atoms with E-state index in [2.05, 4.69) is 11.4 Å². The van der Waals surface area contributed by atoms with Crippen LogP contribution in [0.3, 0.4) is 0 Å². The van der Waals surface area contributed by atoms with E-state index < -0.39 is 4.92 Å². The zero-order valence-electron chi connectivity index (χ0n) is 11.0. The topological polar surface area (TPSA) is 79.0 Å². The molecule has 2 aromatic rings. The fraction of sp³-hybridized carbons (Fsp3) is 0.133. The molecule has 0 saturated heterocycles. The van der Waals surface area contributed by atoms with Crippen molar-refractivity contribution >= 4 is 11.4 Å². The normalized spacial score (nSPS) is 9.80. The second-order valence-corrected chi connectivity index (χ2v) is 4.44. The number of nitro benzene ring substituents is 1. The molecule has 5 nitrogen and oxygen atoms in total. The summed E-state index contributed by atoms with van der Waals surface area (Å²) in [6.07, 6.45) is 0. The highest BCUT2D eigenvalue weighted by molar-refractivity contribution is 5.58. The summed E-state index contributed by atoms with van der Waals surface area (Å²) in [7, 11) is 0. The van der Waals surface area contributed by atoms with Crippen LogP contribution < -0.4 is 5.32 Å². The van der Waals surface area contributed by atoms with Crippen molar-refractivity contribution < 1.29 is 4.92 Å². The number of aryl methyl sites for hydroxylation is 1. The van der Waals surface area contributed by atoms with Gasteiger partial charge >= 0.3 is 0 Å². The molecule has 0 amide bonds. The van der Waals surface area contributed by atoms with Crippen molar-refractivity contribution in [2.75, 3.05) is 5.32 Å². The molecule has 0 unspecified atom stereocenters. The molecule has 0 radical (unpaired) electrons. The third kappa shape index (κ3) is 3.12. The van der Waals surface area contributed by atoms with Crippen LogP contribution in [-0.4, -0.2) is 4.92 Å². The Morgan fingerprint density at radius 3 is 2.75 bits per heavy atom. The first kappa shape index (κ1) is 13.6. The maximum Gasteiger partial charge on any atom is 0.287 e. The number of hydrogen-bond acceptors (Lipinski definition) is 4. The standard InChI is InChI=1S/C15H13N3O2/c1-11-3-2-4-12(7-11)10-17-14-5-6-15(18(19)20)13(8-14)9-16/h2-8,17H,10H2,1H3. The lowest BCUT2D eigenvalue weighted by Crippen LogP contribution is -2.01. The van der Waals surface area contributed by atoms with E-state index in [0.717, 1.165) is 5.56 Å². The van der Waals surface area contributed by atoms with Gasteiger partial charge in [-0.05, 0) is 24.6 Å². The van der Waals surface area contributed by atoms with Crippen molar-refractivity contribution in [3.05, 3.63) is 69.3 Å². The van der Waals surface area contributed by atoms with Gasteiger partial charge in [0.15, 0.2) is 0 Å². The van der Waals surface area contributed by atoms with Crippen molar-refractivity contribution in [1.82, 2.24) is 0 Å². The van der Waals surface area contributed by atoms with Gasteiger partial charge in [-0.2, -0.15) is 5.26 Å². The number of benzene rings is 2. The van der Waals surface area contributed by atoms with Crippen LogP contribution in [0, 0.1) is 28.4 Å². The van der Waals surface area contributed by atoms with Gasteiger partial charge in [0, 0.05) is 18.3 Å². The summed E-state index contributed by atoms with van der Waals surface area (Å²) in [5.74, 6) is 0. The third-order valence-electron chi connectivity index (χ3n) is 2.89. The first-order valence-corrected chi connectivity index (χ1v) is 6.08. The van der Waals surface area contributed by atoms with Gasteiger partial charge in [0.1, 0.15) is 11.6 Å². The molecule has 2 aromatic carbocycles. The molecule has 0 saturated carbocycles. The van der Waals surface area contributed by atoms with Crippen LogP contribution in [0.15, 0.2) is 42.5 Å². The first-order valence-electron chi connectivity index (χ1n) is 6.08. The van der Waals surface area contributed by atoms with E-state index in [0.29, 0.717) is 12.2 Å². The van der Waals surface area contributed by atoms with Crippen molar-refractivity contribution in [3.8, 4) is 6.07 Å². The van der Waals surface area contributed by atoms with Crippen LogP contribution in [0.1, 0.15) is 16.7 Å². The van der Waals surface area contributed by atoms with Gasteiger partial charge in [-0.25, -0.2) is 0 Å². The number of anilines is 1. The van der Waals surface area contributed by atoms with Gasteiger partial charge < -0.3 is 5.32 Å². The molecule has 0 atom stereocenters. The fourth-order valence-electron chi connectivity index (χ4n) is 1.92. The van der Waals surface area contributed by atoms with Crippen LogP contribution in [0.4, 0.5) is 11.4 Å². The smallest absolute Gasteiger partial charge is 0.287 e. The fourth-order valence-corrected chi connectivity index (χ4v) is 1.92. The van der Waals surface area contributed by atoms with E-state index in [9.17, 15) is 10.1 Å². The third-order valence-corrected chi connectivity index (χ3v) is 2.89. The molecule has 0 aromatic heterocycles. The van der Waals surface area contributed by atoms with Crippen LogP contribution in [0.2, 0.25) is 0 Å². The van der Waals surface area contributed by atoms with Crippen LogP contribution in [0.5, 0.6) is 0 Å². The average Bonchev–Trinajstić information content (AvgIpc) is 2.44. The summed E-state index contributed by atoms with van der Waals surface area (Å²) < 4.78 is 0. The summed E-state index contributed by atoms with van der Waals surface area (Å²) in [4.78, 5) is 10.2. The van der Waals surface area contributed by atoms with Crippen molar-refractivity contribution in [1.29, 1.82) is 5.26 Å². The first-order chi connectivity index (χ1) is 9.60. The van der Waals surface area contributed by atoms with Crippen LogP contribution in [0.25, 0.3) is 0 Å². The summed E-state index contributed by atoms with van der Waals surface area (Å²) in [6, 6.07) is 14.3. The molecule has 0 aliphatic carbocycles. The Labute approximate surface area is 116 Å². The van der Waals surface area contributed by atoms with Crippen LogP contribution in [-0.2, 0) is 6.54 Å². The van der Waals surface area contributed by atoms with Gasteiger partial charge in [0.05, 0.1) is 4.92 Å². The molecule has 20 heavy (non-hydrogen) atoms. The van der Waals surface area contributed by atoms with E-state index in [1.807, 2.05) is 31.2 Å². The number of hydrogen-bond donors (Lipinski definition) is 1. The second kappa shape index (κ2) is 5.85. The molecule has 5 heteroatoms. The Bertz CT molecular complexity index is 690. The van der Waals surface area contributed by atoms with E-state index in [1.165, 1.54) is 17.7 Å². The number of rotatable bonds is 4. The van der Waals surface area contributed by atoms with Crippen molar-refractivity contribution in [3.63, 3.8) is 0 Å². The van der Waals surface area contributed by atoms with E-state index in [-0.39, 0.29) is 11.3 Å². The molecular weight excluding hydrogens is 254 g/mol. The molecule has 0 bridgehead atoms. The SMILES string of the molecule is Cc1cccc(CNc2ccc([N+](=O)[O-])c(C#N)c2)c1. The van der Waals surface area contributed by atoms with Gasteiger partial charge in [0.2, 0.25) is 0 Å². The molecule has 0 heterocycles.